The van der Waals surface area contributed by atoms with Crippen molar-refractivity contribution in [3.05, 3.63) is 101 Å². The summed E-state index contributed by atoms with van der Waals surface area (Å²) in [6.07, 6.45) is 3.49. The standard InChI is InChI=1S/C31H31N5O3/c1-38-25-9-4-7-22(17-25)19-34-15-13-31-27-11-2-3-12-28(27)36(30(31)37)21-24-20-35(33-32-24)14-6-16-39-26-10-5-8-23(18-26)29(31)34/h2-5,7-12,17-18,20,29H,6,13-16,19,21H2,1H3/t29-,31+/m0/s1. The van der Waals surface area contributed by atoms with Gasteiger partial charge in [0.15, 0.2) is 0 Å². The number of ether oxygens (including phenoxy) is 2. The van der Waals surface area contributed by atoms with Gasteiger partial charge < -0.3 is 14.4 Å². The molecular formula is C31H31N5O3. The fraction of sp³-hybridized carbons (Fsp3) is 0.323. The van der Waals surface area contributed by atoms with Crippen LogP contribution in [-0.4, -0.2) is 46.1 Å². The molecule has 8 nitrogen and oxygen atoms in total. The zero-order chi connectivity index (χ0) is 26.4. The van der Waals surface area contributed by atoms with E-state index in [-0.39, 0.29) is 11.9 Å². The average Bonchev–Trinajstić information content (AvgIpc) is 3.64. The zero-order valence-electron chi connectivity index (χ0n) is 22.0. The van der Waals surface area contributed by atoms with Crippen molar-refractivity contribution in [1.82, 2.24) is 19.9 Å². The van der Waals surface area contributed by atoms with Crippen molar-refractivity contribution < 1.29 is 14.3 Å². The van der Waals surface area contributed by atoms with E-state index in [1.54, 1.807) is 7.11 Å². The molecule has 4 heterocycles. The van der Waals surface area contributed by atoms with Crippen LogP contribution >= 0.6 is 0 Å². The van der Waals surface area contributed by atoms with Gasteiger partial charge in [-0.05, 0) is 53.4 Å². The molecule has 39 heavy (non-hydrogen) atoms. The van der Waals surface area contributed by atoms with Gasteiger partial charge in [0.05, 0.1) is 37.9 Å². The zero-order valence-corrected chi connectivity index (χ0v) is 22.0. The Bertz CT molecular complexity index is 1530. The molecule has 198 valence electrons. The molecule has 1 fully saturated rings. The third-order valence-corrected chi connectivity index (χ3v) is 8.33. The van der Waals surface area contributed by atoms with Gasteiger partial charge in [-0.2, -0.15) is 0 Å². The van der Waals surface area contributed by atoms with Gasteiger partial charge in [-0.1, -0.05) is 47.7 Å². The van der Waals surface area contributed by atoms with Crippen molar-refractivity contribution in [3.63, 3.8) is 0 Å². The molecule has 7 rings (SSSR count). The quantitative estimate of drug-likeness (QED) is 0.395. The number of para-hydroxylation sites is 1. The molecule has 1 aromatic heterocycles. The van der Waals surface area contributed by atoms with E-state index in [1.807, 2.05) is 52.2 Å². The summed E-state index contributed by atoms with van der Waals surface area (Å²) in [5, 5.41) is 8.71. The summed E-state index contributed by atoms with van der Waals surface area (Å²) >= 11 is 0. The maximum atomic E-state index is 14.7. The summed E-state index contributed by atoms with van der Waals surface area (Å²) in [4.78, 5) is 19.1. The molecule has 0 radical (unpaired) electrons. The van der Waals surface area contributed by atoms with Gasteiger partial charge in [0.2, 0.25) is 5.91 Å². The summed E-state index contributed by atoms with van der Waals surface area (Å²) in [6.45, 7) is 3.18. The molecule has 1 saturated heterocycles. The molecule has 1 amide bonds. The number of fused-ring (bicyclic) bond motifs is 8. The molecule has 0 N–H and O–H groups in total. The van der Waals surface area contributed by atoms with Crippen LogP contribution in [0.25, 0.3) is 0 Å². The Morgan fingerprint density at radius 1 is 1.05 bits per heavy atom. The van der Waals surface area contributed by atoms with Crippen molar-refractivity contribution in [2.45, 2.75) is 43.9 Å². The lowest BCUT2D eigenvalue weighted by Crippen LogP contribution is -2.44. The number of methoxy groups -OCH3 is 1. The number of aryl methyl sites for hydroxylation is 1. The van der Waals surface area contributed by atoms with E-state index in [9.17, 15) is 4.79 Å². The number of benzene rings is 3. The van der Waals surface area contributed by atoms with E-state index >= 15 is 0 Å². The van der Waals surface area contributed by atoms with Gasteiger partial charge in [-0.25, -0.2) is 0 Å². The molecular weight excluding hydrogens is 490 g/mol. The first-order chi connectivity index (χ1) is 19.2. The van der Waals surface area contributed by atoms with E-state index < -0.39 is 5.41 Å². The second kappa shape index (κ2) is 9.54. The van der Waals surface area contributed by atoms with Crippen LogP contribution in [0.4, 0.5) is 5.69 Å². The molecule has 0 unspecified atom stereocenters. The summed E-state index contributed by atoms with van der Waals surface area (Å²) in [5.41, 5.74) is 4.36. The highest BCUT2D eigenvalue weighted by molar-refractivity contribution is 6.09. The highest BCUT2D eigenvalue weighted by atomic mass is 16.5. The number of aromatic nitrogens is 3. The lowest BCUT2D eigenvalue weighted by molar-refractivity contribution is -0.124. The van der Waals surface area contributed by atoms with Gasteiger partial charge in [-0.15, -0.1) is 5.10 Å². The van der Waals surface area contributed by atoms with Crippen LogP contribution in [0.2, 0.25) is 0 Å². The third kappa shape index (κ3) is 3.98. The smallest absolute Gasteiger partial charge is 0.240 e. The summed E-state index contributed by atoms with van der Waals surface area (Å²) in [7, 11) is 1.69. The van der Waals surface area contributed by atoms with Gasteiger partial charge in [0.1, 0.15) is 17.2 Å². The highest BCUT2D eigenvalue weighted by Crippen LogP contribution is 2.57. The Morgan fingerprint density at radius 2 is 1.95 bits per heavy atom. The van der Waals surface area contributed by atoms with Crippen LogP contribution in [0.3, 0.4) is 0 Å². The first-order valence-electron chi connectivity index (χ1n) is 13.6. The molecule has 0 saturated carbocycles. The molecule has 3 aliphatic heterocycles. The number of hydrogen-bond donors (Lipinski definition) is 0. The Labute approximate surface area is 227 Å². The predicted octanol–water partition coefficient (Wildman–Crippen LogP) is 4.50. The average molecular weight is 522 g/mol. The maximum absolute atomic E-state index is 14.7. The minimum Gasteiger partial charge on any atom is -0.497 e. The normalized spacial score (nSPS) is 22.4. The van der Waals surface area contributed by atoms with Crippen LogP contribution in [0.5, 0.6) is 11.5 Å². The SMILES string of the molecule is COc1cccc(CN2CC[C@]34C(=O)N(Cc5cn(nn5)CCCOc5cccc(c5)[C@H]23)c2ccccc24)c1. The van der Waals surface area contributed by atoms with Gasteiger partial charge in [0, 0.05) is 31.7 Å². The Morgan fingerprint density at radius 3 is 2.87 bits per heavy atom. The molecule has 3 aromatic carbocycles. The first-order valence-corrected chi connectivity index (χ1v) is 13.6. The van der Waals surface area contributed by atoms with Crippen molar-refractivity contribution in [3.8, 4) is 11.5 Å². The first kappa shape index (κ1) is 23.9. The molecule has 4 aromatic rings. The second-order valence-corrected chi connectivity index (χ2v) is 10.6. The van der Waals surface area contributed by atoms with Crippen LogP contribution in [0.15, 0.2) is 79.0 Å². The Balaban J connectivity index is 1.38. The van der Waals surface area contributed by atoms with Gasteiger partial charge in [-0.3, -0.25) is 14.4 Å². The fourth-order valence-corrected chi connectivity index (χ4v) is 6.66. The van der Waals surface area contributed by atoms with Crippen molar-refractivity contribution in [2.75, 3.05) is 25.2 Å². The molecule has 1 spiro atoms. The van der Waals surface area contributed by atoms with Gasteiger partial charge in [0.25, 0.3) is 0 Å². The number of carbonyl (C=O) groups excluding carboxylic acids is 1. The van der Waals surface area contributed by atoms with E-state index in [0.717, 1.165) is 59.0 Å². The molecule has 2 atom stereocenters. The van der Waals surface area contributed by atoms with Crippen molar-refractivity contribution >= 4 is 11.6 Å². The second-order valence-electron chi connectivity index (χ2n) is 10.6. The van der Waals surface area contributed by atoms with Gasteiger partial charge >= 0.3 is 0 Å². The lowest BCUT2D eigenvalue weighted by atomic mass is 9.72. The van der Waals surface area contributed by atoms with Crippen molar-refractivity contribution in [1.29, 1.82) is 0 Å². The van der Waals surface area contributed by atoms with Crippen LogP contribution < -0.4 is 14.4 Å². The molecule has 8 heteroatoms. The molecule has 6 bridgehead atoms. The predicted molar refractivity (Wildman–Crippen MR) is 147 cm³/mol. The highest BCUT2D eigenvalue weighted by Gasteiger charge is 2.60. The van der Waals surface area contributed by atoms with E-state index in [1.165, 1.54) is 0 Å². The number of rotatable bonds is 3. The number of amides is 1. The monoisotopic (exact) mass is 521 g/mol. The lowest BCUT2D eigenvalue weighted by Gasteiger charge is -2.35. The number of carbonyl (C=O) groups is 1. The van der Waals surface area contributed by atoms with Crippen LogP contribution in [0, 0.1) is 0 Å². The number of nitrogens with zero attached hydrogens (tertiary/aromatic N) is 5. The minimum atomic E-state index is -0.718. The third-order valence-electron chi connectivity index (χ3n) is 8.33. The number of hydrogen-bond acceptors (Lipinski definition) is 6. The van der Waals surface area contributed by atoms with Crippen molar-refractivity contribution in [2.24, 2.45) is 0 Å². The summed E-state index contributed by atoms with van der Waals surface area (Å²) < 4.78 is 13.5. The van der Waals surface area contributed by atoms with Crippen LogP contribution in [-0.2, 0) is 29.8 Å². The van der Waals surface area contributed by atoms with Crippen LogP contribution in [0.1, 0.15) is 41.3 Å². The molecule has 3 aliphatic rings. The number of anilines is 1. The molecule has 0 aliphatic carbocycles. The fourth-order valence-electron chi connectivity index (χ4n) is 6.66. The minimum absolute atomic E-state index is 0.123. The summed E-state index contributed by atoms with van der Waals surface area (Å²) in [6, 6.07) is 24.6. The Kier molecular flexibility index (Phi) is 5.85. The van der Waals surface area contributed by atoms with E-state index in [4.69, 9.17) is 9.47 Å². The van der Waals surface area contributed by atoms with E-state index in [0.29, 0.717) is 26.2 Å². The largest absolute Gasteiger partial charge is 0.497 e. The number of likely N-dealkylation sites (tertiary alicyclic amines) is 1. The van der Waals surface area contributed by atoms with E-state index in [2.05, 4.69) is 51.6 Å². The Hall–Kier alpha value is -4.17. The maximum Gasteiger partial charge on any atom is 0.240 e. The summed E-state index contributed by atoms with van der Waals surface area (Å²) in [5.74, 6) is 1.78. The topological polar surface area (TPSA) is 72.7 Å².